The van der Waals surface area contributed by atoms with E-state index in [1.165, 1.54) is 12.1 Å². The topological polar surface area (TPSA) is 129 Å². The average Bonchev–Trinajstić information content (AvgIpc) is 2.61. The van der Waals surface area contributed by atoms with Crippen LogP contribution >= 0.6 is 0 Å². The molecule has 1 unspecified atom stereocenters. The summed E-state index contributed by atoms with van der Waals surface area (Å²) in [6, 6.07) is 6.19. The van der Waals surface area contributed by atoms with Crippen molar-refractivity contribution in [1.82, 2.24) is 0 Å². The molecule has 0 aromatic heterocycles. The third-order valence-electron chi connectivity index (χ3n) is 4.79. The molecule has 0 radical (unpaired) electrons. The van der Waals surface area contributed by atoms with Crippen molar-refractivity contribution in [3.8, 4) is 0 Å². The number of hydrogen-bond acceptors (Lipinski definition) is 4. The lowest BCUT2D eigenvalue weighted by Gasteiger charge is -2.18. The van der Waals surface area contributed by atoms with Gasteiger partial charge < -0.3 is 10.2 Å². The monoisotopic (exact) mass is 414 g/mol. The van der Waals surface area contributed by atoms with Gasteiger partial charge in [-0.15, -0.1) is 0 Å². The van der Waals surface area contributed by atoms with Gasteiger partial charge in [0.15, 0.2) is 0 Å². The molecular formula is C20H30O7S. The Hall–Kier alpha value is -1.93. The maximum Gasteiger partial charge on any atom is 0.303 e. The first-order valence-electron chi connectivity index (χ1n) is 9.71. The van der Waals surface area contributed by atoms with E-state index >= 15 is 0 Å². The third kappa shape index (κ3) is 10.4. The molecular weight excluding hydrogens is 384 g/mol. The molecule has 0 heterocycles. The molecule has 0 saturated carbocycles. The van der Waals surface area contributed by atoms with Crippen LogP contribution in [0.4, 0.5) is 0 Å². The number of hydrogen-bond donors (Lipinski definition) is 3. The zero-order chi connectivity index (χ0) is 21.0. The Morgan fingerprint density at radius 2 is 1.18 bits per heavy atom. The average molecular weight is 415 g/mol. The zero-order valence-corrected chi connectivity index (χ0v) is 16.9. The van der Waals surface area contributed by atoms with Gasteiger partial charge in [0.1, 0.15) is 0 Å². The molecule has 0 spiro atoms. The molecule has 0 amide bonds. The number of carboxylic acid groups (broad SMARTS) is 2. The van der Waals surface area contributed by atoms with Gasteiger partial charge in [-0.2, -0.15) is 8.42 Å². The molecule has 158 valence electrons. The van der Waals surface area contributed by atoms with E-state index in [4.69, 9.17) is 14.8 Å². The number of benzene rings is 1. The van der Waals surface area contributed by atoms with E-state index < -0.39 is 22.1 Å². The van der Waals surface area contributed by atoms with Crippen molar-refractivity contribution >= 4 is 22.1 Å². The standard InChI is InChI=1S/C20H30O7S/c21-19(22)10-5-3-1-2-4-8-16(9-6-7-11-20(23)24)17-12-14-18(15-13-17)28(25,26)27/h12-16H,1-11H2,(H,21,22)(H,23,24)(H,25,26,27). The predicted octanol–water partition coefficient (Wildman–Crippen LogP) is 4.48. The van der Waals surface area contributed by atoms with E-state index in [9.17, 15) is 18.0 Å². The molecule has 0 bridgehead atoms. The summed E-state index contributed by atoms with van der Waals surface area (Å²) in [6.45, 7) is 0. The van der Waals surface area contributed by atoms with Gasteiger partial charge in [0.2, 0.25) is 0 Å². The maximum absolute atomic E-state index is 11.2. The minimum absolute atomic E-state index is 0.137. The van der Waals surface area contributed by atoms with Crippen LogP contribution in [-0.2, 0) is 19.7 Å². The van der Waals surface area contributed by atoms with Gasteiger partial charge in [0, 0.05) is 12.8 Å². The fourth-order valence-corrected chi connectivity index (χ4v) is 3.73. The molecule has 0 saturated heterocycles. The highest BCUT2D eigenvalue weighted by Gasteiger charge is 2.14. The quantitative estimate of drug-likeness (QED) is 0.285. The largest absolute Gasteiger partial charge is 0.481 e. The van der Waals surface area contributed by atoms with E-state index in [2.05, 4.69) is 0 Å². The Morgan fingerprint density at radius 1 is 0.750 bits per heavy atom. The molecule has 0 aliphatic rings. The first-order valence-corrected chi connectivity index (χ1v) is 11.1. The van der Waals surface area contributed by atoms with E-state index in [1.54, 1.807) is 12.1 Å². The molecule has 1 rings (SSSR count). The van der Waals surface area contributed by atoms with Crippen molar-refractivity contribution < 1.29 is 32.8 Å². The highest BCUT2D eigenvalue weighted by atomic mass is 32.2. The summed E-state index contributed by atoms with van der Waals surface area (Å²) in [6.07, 6.45) is 7.94. The van der Waals surface area contributed by atoms with Crippen LogP contribution in [0.15, 0.2) is 29.2 Å². The van der Waals surface area contributed by atoms with Crippen molar-refractivity contribution in [2.75, 3.05) is 0 Å². The summed E-state index contributed by atoms with van der Waals surface area (Å²) in [5.41, 5.74) is 0.980. The molecule has 1 atom stereocenters. The van der Waals surface area contributed by atoms with E-state index in [0.29, 0.717) is 12.8 Å². The van der Waals surface area contributed by atoms with E-state index in [-0.39, 0.29) is 23.7 Å². The van der Waals surface area contributed by atoms with E-state index in [0.717, 1.165) is 50.5 Å². The van der Waals surface area contributed by atoms with Crippen LogP contribution in [-0.4, -0.2) is 35.1 Å². The van der Waals surface area contributed by atoms with Gasteiger partial charge in [-0.25, -0.2) is 0 Å². The summed E-state index contributed by atoms with van der Waals surface area (Å²) >= 11 is 0. The number of carboxylic acids is 2. The van der Waals surface area contributed by atoms with Crippen molar-refractivity contribution in [1.29, 1.82) is 0 Å². The van der Waals surface area contributed by atoms with Crippen LogP contribution in [0, 0.1) is 0 Å². The first-order chi connectivity index (χ1) is 13.2. The van der Waals surface area contributed by atoms with Gasteiger partial charge in [-0.1, -0.05) is 44.2 Å². The molecule has 1 aromatic rings. The van der Waals surface area contributed by atoms with Gasteiger partial charge in [0.05, 0.1) is 4.90 Å². The third-order valence-corrected chi connectivity index (χ3v) is 5.65. The highest BCUT2D eigenvalue weighted by molar-refractivity contribution is 7.85. The lowest BCUT2D eigenvalue weighted by atomic mass is 9.88. The number of unbranched alkanes of at least 4 members (excludes halogenated alkanes) is 5. The van der Waals surface area contributed by atoms with Crippen LogP contribution in [0.3, 0.4) is 0 Å². The molecule has 28 heavy (non-hydrogen) atoms. The molecule has 8 heteroatoms. The molecule has 1 aromatic carbocycles. The SMILES string of the molecule is O=C(O)CCCCCCCC(CCCCC(=O)O)c1ccc(S(=O)(=O)O)cc1. The first kappa shape index (κ1) is 24.1. The van der Waals surface area contributed by atoms with Crippen molar-refractivity contribution in [3.63, 3.8) is 0 Å². The van der Waals surface area contributed by atoms with Crippen molar-refractivity contribution in [2.24, 2.45) is 0 Å². The van der Waals surface area contributed by atoms with Crippen molar-refractivity contribution in [3.05, 3.63) is 29.8 Å². The van der Waals surface area contributed by atoms with Gasteiger partial charge >= 0.3 is 11.9 Å². The highest BCUT2D eigenvalue weighted by Crippen LogP contribution is 2.29. The fraction of sp³-hybridized carbons (Fsp3) is 0.600. The maximum atomic E-state index is 11.2. The lowest BCUT2D eigenvalue weighted by molar-refractivity contribution is -0.138. The van der Waals surface area contributed by atoms with Crippen LogP contribution in [0.2, 0.25) is 0 Å². The Kier molecular flexibility index (Phi) is 10.8. The second-order valence-electron chi connectivity index (χ2n) is 7.08. The number of rotatable bonds is 15. The van der Waals surface area contributed by atoms with Crippen LogP contribution in [0.1, 0.15) is 82.1 Å². The molecule has 3 N–H and O–H groups in total. The fourth-order valence-electron chi connectivity index (χ4n) is 3.25. The van der Waals surface area contributed by atoms with Crippen LogP contribution in [0.25, 0.3) is 0 Å². The Bertz CT molecular complexity index is 711. The van der Waals surface area contributed by atoms with E-state index in [1.807, 2.05) is 0 Å². The summed E-state index contributed by atoms with van der Waals surface area (Å²) in [5.74, 6) is -1.38. The van der Waals surface area contributed by atoms with Gasteiger partial charge in [-0.3, -0.25) is 14.1 Å². The lowest BCUT2D eigenvalue weighted by Crippen LogP contribution is -2.03. The molecule has 0 aliphatic heterocycles. The summed E-state index contributed by atoms with van der Waals surface area (Å²) in [7, 11) is -4.22. The van der Waals surface area contributed by atoms with Crippen molar-refractivity contribution in [2.45, 2.75) is 81.4 Å². The summed E-state index contributed by atoms with van der Waals surface area (Å²) in [4.78, 5) is 21.0. The smallest absolute Gasteiger partial charge is 0.303 e. The second-order valence-corrected chi connectivity index (χ2v) is 8.50. The Labute approximate surface area is 166 Å². The minimum atomic E-state index is -4.22. The Morgan fingerprint density at radius 3 is 1.68 bits per heavy atom. The summed E-state index contributed by atoms with van der Waals surface area (Å²) in [5, 5.41) is 17.4. The zero-order valence-electron chi connectivity index (χ0n) is 16.0. The predicted molar refractivity (Wildman–Crippen MR) is 105 cm³/mol. The van der Waals surface area contributed by atoms with Crippen LogP contribution < -0.4 is 0 Å². The second kappa shape index (κ2) is 12.5. The summed E-state index contributed by atoms with van der Waals surface area (Å²) < 4.78 is 31.5. The number of aliphatic carboxylic acids is 2. The molecule has 0 aliphatic carbocycles. The molecule has 7 nitrogen and oxygen atoms in total. The van der Waals surface area contributed by atoms with Gasteiger partial charge in [-0.05, 0) is 49.3 Å². The number of carbonyl (C=O) groups is 2. The normalized spacial score (nSPS) is 12.6. The minimum Gasteiger partial charge on any atom is -0.481 e. The van der Waals surface area contributed by atoms with Crippen LogP contribution in [0.5, 0.6) is 0 Å². The Balaban J connectivity index is 2.56. The van der Waals surface area contributed by atoms with Gasteiger partial charge in [0.25, 0.3) is 10.1 Å². The molecule has 0 fully saturated rings.